The number of carbonyl (C=O) groups is 1. The summed E-state index contributed by atoms with van der Waals surface area (Å²) in [6.45, 7) is -0.628. The highest BCUT2D eigenvalue weighted by atomic mass is 32.9. The lowest BCUT2D eigenvalue weighted by atomic mass is 10.1. The highest BCUT2D eigenvalue weighted by Gasteiger charge is 2.49. The molecule has 0 bridgehead atoms. The maximum atomic E-state index is 12.7. The van der Waals surface area contributed by atoms with Crippen LogP contribution in [0.5, 0.6) is 5.75 Å². The fraction of sp³-hybridized carbons (Fsp3) is 0.250. The number of hydrogen-bond acceptors (Lipinski definition) is 10. The highest BCUT2D eigenvalue weighted by molar-refractivity contribution is 7.80. The monoisotopic (exact) mass is 544 g/mol. The first kappa shape index (κ1) is 25.2. The summed E-state index contributed by atoms with van der Waals surface area (Å²) in [5, 5.41) is 20.5. The van der Waals surface area contributed by atoms with Crippen molar-refractivity contribution in [2.24, 2.45) is 0 Å². The van der Waals surface area contributed by atoms with Crippen molar-refractivity contribution in [2.75, 3.05) is 6.61 Å². The van der Waals surface area contributed by atoms with Gasteiger partial charge in [-0.25, -0.2) is 9.36 Å². The third-order valence-electron chi connectivity index (χ3n) is 4.91. The number of hydrogen-bond donors (Lipinski definition) is 4. The first-order chi connectivity index (χ1) is 16.1. The van der Waals surface area contributed by atoms with Crippen molar-refractivity contribution >= 4 is 46.7 Å². The maximum absolute atomic E-state index is 12.7. The lowest BCUT2D eigenvalue weighted by Crippen LogP contribution is -2.46. The average Bonchev–Trinajstić information content (AvgIpc) is 3.36. The van der Waals surface area contributed by atoms with Crippen LogP contribution < -0.4 is 9.30 Å². The topological polar surface area (TPSA) is 147 Å². The molecular weight excluding hydrogens is 525 g/mol. The number of benzene rings is 1. The first-order valence-electron chi connectivity index (χ1n) is 9.76. The SMILES string of the molecule is O=C(Oc1ccc(-c2cc(=S)ss2)cc1)c1ccc[n+](C2O[C@H](COP(=O)(O)O)[C@@H](O)[C@H]2O)c1. The Bertz CT molecular complexity index is 1270. The van der Waals surface area contributed by atoms with E-state index in [-0.39, 0.29) is 5.56 Å². The molecule has 3 aromatic rings. The van der Waals surface area contributed by atoms with Gasteiger partial charge in [-0.3, -0.25) is 4.52 Å². The molecule has 180 valence electrons. The number of aliphatic hydroxyl groups excluding tert-OH is 2. The van der Waals surface area contributed by atoms with Crippen LogP contribution in [0.4, 0.5) is 0 Å². The number of esters is 1. The van der Waals surface area contributed by atoms with E-state index in [0.29, 0.717) is 5.75 Å². The predicted molar refractivity (Wildman–Crippen MR) is 124 cm³/mol. The zero-order valence-electron chi connectivity index (χ0n) is 17.2. The third-order valence-corrected chi connectivity index (χ3v) is 8.30. The van der Waals surface area contributed by atoms with E-state index in [9.17, 15) is 19.6 Å². The molecule has 0 saturated carbocycles. The van der Waals surface area contributed by atoms with E-state index in [1.54, 1.807) is 22.5 Å². The van der Waals surface area contributed by atoms with Crippen LogP contribution in [0.15, 0.2) is 54.9 Å². The van der Waals surface area contributed by atoms with Crippen molar-refractivity contribution in [3.8, 4) is 16.2 Å². The summed E-state index contributed by atoms with van der Waals surface area (Å²) >= 11 is 5.15. The molecular formula is C20H19NO9PS3+. The van der Waals surface area contributed by atoms with Crippen LogP contribution in [0.25, 0.3) is 10.4 Å². The van der Waals surface area contributed by atoms with Crippen LogP contribution in [0, 0.1) is 3.82 Å². The van der Waals surface area contributed by atoms with Gasteiger partial charge in [0.2, 0.25) is 0 Å². The van der Waals surface area contributed by atoms with E-state index in [1.807, 2.05) is 18.2 Å². The van der Waals surface area contributed by atoms with Crippen LogP contribution in [0.2, 0.25) is 0 Å². The summed E-state index contributed by atoms with van der Waals surface area (Å²) in [5.74, 6) is -0.312. The van der Waals surface area contributed by atoms with E-state index in [0.717, 1.165) is 14.3 Å². The smallest absolute Gasteiger partial charge is 0.423 e. The minimum Gasteiger partial charge on any atom is -0.423 e. The first-order valence-corrected chi connectivity index (χ1v) is 13.8. The average molecular weight is 545 g/mol. The van der Waals surface area contributed by atoms with Gasteiger partial charge in [-0.05, 0) is 42.0 Å². The number of aromatic nitrogens is 1. The van der Waals surface area contributed by atoms with Crippen LogP contribution in [-0.4, -0.2) is 50.9 Å². The molecule has 1 aromatic carbocycles. The lowest BCUT2D eigenvalue weighted by Gasteiger charge is -2.13. The Morgan fingerprint density at radius 3 is 2.53 bits per heavy atom. The molecule has 34 heavy (non-hydrogen) atoms. The number of carbonyl (C=O) groups excluding carboxylic acids is 1. The second-order valence-corrected chi connectivity index (χ2v) is 11.4. The van der Waals surface area contributed by atoms with E-state index in [2.05, 4.69) is 4.52 Å². The number of phosphoric ester groups is 1. The Morgan fingerprint density at radius 1 is 1.15 bits per heavy atom. The second-order valence-electron chi connectivity index (χ2n) is 7.28. The standard InChI is InChI=1S/C20H18NO9PS3/c22-17-14(10-28-31(25,26)27)30-19(18(17)23)21-7-1-2-12(9-21)20(24)29-13-5-3-11(4-6-13)15-8-16(32)34-33-15/h1-9,14,17-19,22-23H,10H2,(H-,25,26,27)/p+1/t14-,17-,18-,19?/m1/s1. The zero-order chi connectivity index (χ0) is 24.5. The number of phosphoric acid groups is 1. The fourth-order valence-electron chi connectivity index (χ4n) is 3.28. The molecule has 1 aliphatic rings. The normalized spacial score (nSPS) is 22.6. The number of pyridine rings is 1. The van der Waals surface area contributed by atoms with Crippen molar-refractivity contribution in [1.29, 1.82) is 0 Å². The van der Waals surface area contributed by atoms with Crippen LogP contribution in [0.1, 0.15) is 16.6 Å². The van der Waals surface area contributed by atoms with Gasteiger partial charge in [0, 0.05) is 10.9 Å². The summed E-state index contributed by atoms with van der Waals surface area (Å²) in [7, 11) is -1.70. The largest absolute Gasteiger partial charge is 0.469 e. The molecule has 0 amide bonds. The van der Waals surface area contributed by atoms with E-state index in [1.165, 1.54) is 39.4 Å². The van der Waals surface area contributed by atoms with Crippen molar-refractivity contribution in [3.05, 3.63) is 64.2 Å². The molecule has 0 spiro atoms. The van der Waals surface area contributed by atoms with Crippen LogP contribution in [-0.2, 0) is 13.8 Å². The quantitative estimate of drug-likeness (QED) is 0.0873. The van der Waals surface area contributed by atoms with Crippen LogP contribution >= 0.6 is 40.7 Å². The van der Waals surface area contributed by atoms with E-state index >= 15 is 0 Å². The van der Waals surface area contributed by atoms with Crippen molar-refractivity contribution < 1.29 is 47.9 Å². The Kier molecular flexibility index (Phi) is 7.69. The molecule has 4 rings (SSSR count). The van der Waals surface area contributed by atoms with Crippen molar-refractivity contribution in [1.82, 2.24) is 0 Å². The van der Waals surface area contributed by atoms with Gasteiger partial charge in [0.15, 0.2) is 18.5 Å². The van der Waals surface area contributed by atoms with Gasteiger partial charge in [0.25, 0.3) is 6.23 Å². The van der Waals surface area contributed by atoms with Gasteiger partial charge < -0.3 is 29.5 Å². The summed E-state index contributed by atoms with van der Waals surface area (Å²) in [6, 6.07) is 11.9. The molecule has 4 N–H and O–H groups in total. The van der Waals surface area contributed by atoms with Crippen LogP contribution in [0.3, 0.4) is 0 Å². The molecule has 1 unspecified atom stereocenters. The molecule has 1 saturated heterocycles. The minimum atomic E-state index is -4.77. The van der Waals surface area contributed by atoms with Gasteiger partial charge in [0.05, 0.1) is 6.61 Å². The predicted octanol–water partition coefficient (Wildman–Crippen LogP) is 2.44. The van der Waals surface area contributed by atoms with Crippen molar-refractivity contribution in [2.45, 2.75) is 24.5 Å². The molecule has 1 aliphatic heterocycles. The Balaban J connectivity index is 1.44. The molecule has 10 nitrogen and oxygen atoms in total. The summed E-state index contributed by atoms with van der Waals surface area (Å²) in [4.78, 5) is 31.4. The molecule has 14 heteroatoms. The summed E-state index contributed by atoms with van der Waals surface area (Å²) in [5.41, 5.74) is 1.11. The number of ether oxygens (including phenoxy) is 2. The minimum absolute atomic E-state index is 0.155. The van der Waals surface area contributed by atoms with E-state index < -0.39 is 44.9 Å². The van der Waals surface area contributed by atoms with Crippen molar-refractivity contribution in [3.63, 3.8) is 0 Å². The number of nitrogens with zero attached hydrogens (tertiary/aromatic N) is 1. The zero-order valence-corrected chi connectivity index (χ0v) is 20.5. The van der Waals surface area contributed by atoms with Gasteiger partial charge in [-0.15, -0.1) is 0 Å². The van der Waals surface area contributed by atoms with Gasteiger partial charge in [0.1, 0.15) is 27.3 Å². The fourth-order valence-corrected chi connectivity index (χ4v) is 6.02. The molecule has 3 heterocycles. The molecule has 1 fully saturated rings. The Hall–Kier alpha value is -1.90. The van der Waals surface area contributed by atoms with Gasteiger partial charge in [-0.2, -0.15) is 4.57 Å². The summed E-state index contributed by atoms with van der Waals surface area (Å²) < 4.78 is 28.4. The number of rotatable bonds is 7. The Labute approximate surface area is 205 Å². The molecule has 4 atom stereocenters. The third kappa shape index (κ3) is 6.01. The maximum Gasteiger partial charge on any atom is 0.469 e. The van der Waals surface area contributed by atoms with Gasteiger partial charge in [-0.1, -0.05) is 32.9 Å². The van der Waals surface area contributed by atoms with Gasteiger partial charge >= 0.3 is 13.8 Å². The van der Waals surface area contributed by atoms with E-state index in [4.69, 9.17) is 31.5 Å². The lowest BCUT2D eigenvalue weighted by molar-refractivity contribution is -0.765. The second kappa shape index (κ2) is 10.4. The molecule has 0 aliphatic carbocycles. The molecule has 2 aromatic heterocycles. The number of aliphatic hydroxyl groups is 2. The molecule has 0 radical (unpaired) electrons. The Morgan fingerprint density at radius 2 is 1.88 bits per heavy atom. The highest BCUT2D eigenvalue weighted by Crippen LogP contribution is 2.37. The summed E-state index contributed by atoms with van der Waals surface area (Å²) in [6.07, 6.45) is -2.30.